The third-order valence-electron chi connectivity index (χ3n) is 3.54. The number of hydrogen-bond donors (Lipinski definition) is 1. The van der Waals surface area contributed by atoms with Crippen molar-refractivity contribution in [3.8, 4) is 5.75 Å². The van der Waals surface area contributed by atoms with E-state index in [9.17, 15) is 9.59 Å². The van der Waals surface area contributed by atoms with Crippen LogP contribution >= 0.6 is 11.3 Å². The molecule has 0 unspecified atom stereocenters. The molecule has 0 bridgehead atoms. The third-order valence-corrected chi connectivity index (χ3v) is 4.54. The molecule has 0 aliphatic carbocycles. The zero-order chi connectivity index (χ0) is 17.3. The van der Waals surface area contributed by atoms with Crippen molar-refractivity contribution in [3.63, 3.8) is 0 Å². The maximum atomic E-state index is 12.6. The van der Waals surface area contributed by atoms with Crippen molar-refractivity contribution in [1.82, 2.24) is 4.57 Å². The fraction of sp³-hybridized carbons (Fsp3) is 0.222. The first-order chi connectivity index (χ1) is 11.5. The Morgan fingerprint density at radius 1 is 1.21 bits per heavy atom. The first-order valence-corrected chi connectivity index (χ1v) is 8.44. The van der Waals surface area contributed by atoms with Crippen LogP contribution in [0.4, 0.5) is 5.69 Å². The van der Waals surface area contributed by atoms with E-state index >= 15 is 0 Å². The van der Waals surface area contributed by atoms with Gasteiger partial charge in [-0.25, -0.2) is 0 Å². The zero-order valence-electron chi connectivity index (χ0n) is 13.7. The van der Waals surface area contributed by atoms with Gasteiger partial charge in [0.1, 0.15) is 5.75 Å². The quantitative estimate of drug-likeness (QED) is 0.787. The lowest BCUT2D eigenvalue weighted by molar-refractivity contribution is 0.102. The monoisotopic (exact) mass is 342 g/mol. The van der Waals surface area contributed by atoms with Crippen molar-refractivity contribution in [2.45, 2.75) is 20.0 Å². The third kappa shape index (κ3) is 3.19. The fourth-order valence-corrected chi connectivity index (χ4v) is 3.34. The fourth-order valence-electron chi connectivity index (χ4n) is 2.42. The average Bonchev–Trinajstić information content (AvgIpc) is 2.81. The van der Waals surface area contributed by atoms with Crippen LogP contribution < -0.4 is 14.9 Å². The molecule has 3 rings (SSSR count). The standard InChI is InChI=1S/C18H18N2O3S/c1-11(2)23-15-7-5-4-6-13(15)17(21)19-12-8-9-14-16(10-12)24-18(22)20(14)3/h4-11H,1-3H3,(H,19,21). The lowest BCUT2D eigenvalue weighted by atomic mass is 10.1. The first-order valence-electron chi connectivity index (χ1n) is 7.62. The Kier molecular flexibility index (Phi) is 4.40. The van der Waals surface area contributed by atoms with Crippen molar-refractivity contribution < 1.29 is 9.53 Å². The molecule has 1 N–H and O–H groups in total. The molecule has 1 aromatic heterocycles. The lowest BCUT2D eigenvalue weighted by Crippen LogP contribution is -2.15. The minimum atomic E-state index is -0.242. The Labute approximate surface area is 143 Å². The van der Waals surface area contributed by atoms with Crippen LogP contribution in [0.1, 0.15) is 24.2 Å². The largest absolute Gasteiger partial charge is 0.490 e. The highest BCUT2D eigenvalue weighted by Gasteiger charge is 2.14. The molecule has 0 atom stereocenters. The number of aromatic nitrogens is 1. The number of nitrogens with one attached hydrogen (secondary N) is 1. The summed E-state index contributed by atoms with van der Waals surface area (Å²) in [5.41, 5.74) is 1.98. The molecule has 24 heavy (non-hydrogen) atoms. The molecule has 0 aliphatic rings. The van der Waals surface area contributed by atoms with Crippen LogP contribution in [0.3, 0.4) is 0 Å². The van der Waals surface area contributed by atoms with Crippen LogP contribution in [0.5, 0.6) is 5.75 Å². The maximum absolute atomic E-state index is 12.6. The highest BCUT2D eigenvalue weighted by atomic mass is 32.1. The van der Waals surface area contributed by atoms with E-state index in [2.05, 4.69) is 5.32 Å². The molecule has 0 aliphatic heterocycles. The summed E-state index contributed by atoms with van der Waals surface area (Å²) in [7, 11) is 1.74. The molecule has 0 fully saturated rings. The number of carbonyl (C=O) groups is 1. The first kappa shape index (κ1) is 16.3. The van der Waals surface area contributed by atoms with E-state index in [0.717, 1.165) is 21.6 Å². The Morgan fingerprint density at radius 3 is 2.71 bits per heavy atom. The summed E-state index contributed by atoms with van der Waals surface area (Å²) in [4.78, 5) is 24.3. The summed E-state index contributed by atoms with van der Waals surface area (Å²) in [6, 6.07) is 12.6. The predicted molar refractivity (Wildman–Crippen MR) is 97.2 cm³/mol. The minimum Gasteiger partial charge on any atom is -0.490 e. The average molecular weight is 342 g/mol. The van der Waals surface area contributed by atoms with E-state index in [1.54, 1.807) is 35.9 Å². The number of hydrogen-bond acceptors (Lipinski definition) is 4. The summed E-state index contributed by atoms with van der Waals surface area (Å²) in [5.74, 6) is 0.310. The Morgan fingerprint density at radius 2 is 1.96 bits per heavy atom. The predicted octanol–water partition coefficient (Wildman–Crippen LogP) is 3.64. The van der Waals surface area contributed by atoms with Crippen molar-refractivity contribution in [1.29, 1.82) is 0 Å². The highest BCUT2D eigenvalue weighted by molar-refractivity contribution is 7.16. The van der Waals surface area contributed by atoms with Gasteiger partial charge in [0.05, 0.1) is 21.9 Å². The van der Waals surface area contributed by atoms with E-state index in [1.165, 1.54) is 0 Å². The molecular weight excluding hydrogens is 324 g/mol. The van der Waals surface area contributed by atoms with E-state index in [4.69, 9.17) is 4.74 Å². The molecule has 124 valence electrons. The van der Waals surface area contributed by atoms with Crippen LogP contribution in [0.2, 0.25) is 0 Å². The van der Waals surface area contributed by atoms with E-state index in [-0.39, 0.29) is 16.9 Å². The molecule has 2 aromatic carbocycles. The summed E-state index contributed by atoms with van der Waals surface area (Å²) in [6.07, 6.45) is -0.0168. The van der Waals surface area contributed by atoms with Crippen molar-refractivity contribution in [3.05, 3.63) is 57.7 Å². The van der Waals surface area contributed by atoms with E-state index in [1.807, 2.05) is 32.0 Å². The van der Waals surface area contributed by atoms with Crippen LogP contribution in [-0.2, 0) is 7.05 Å². The smallest absolute Gasteiger partial charge is 0.307 e. The normalized spacial score (nSPS) is 11.0. The van der Waals surface area contributed by atoms with Crippen molar-refractivity contribution >= 4 is 33.1 Å². The van der Waals surface area contributed by atoms with Crippen LogP contribution in [0.25, 0.3) is 10.2 Å². The number of nitrogens with zero attached hydrogens (tertiary/aromatic N) is 1. The minimum absolute atomic E-state index is 0.0168. The Balaban J connectivity index is 1.89. The second-order valence-corrected chi connectivity index (χ2v) is 6.72. The number of ether oxygens (including phenoxy) is 1. The number of amides is 1. The second kappa shape index (κ2) is 6.49. The molecular formula is C18H18N2O3S. The van der Waals surface area contributed by atoms with Gasteiger partial charge in [0, 0.05) is 12.7 Å². The van der Waals surface area contributed by atoms with Gasteiger partial charge >= 0.3 is 4.87 Å². The molecule has 1 amide bonds. The Hall–Kier alpha value is -2.60. The van der Waals surface area contributed by atoms with Gasteiger partial charge in [0.15, 0.2) is 0 Å². The summed E-state index contributed by atoms with van der Waals surface area (Å²) in [5, 5.41) is 2.87. The van der Waals surface area contributed by atoms with Crippen molar-refractivity contribution in [2.24, 2.45) is 7.05 Å². The zero-order valence-corrected chi connectivity index (χ0v) is 14.5. The van der Waals surface area contributed by atoms with Gasteiger partial charge in [0.2, 0.25) is 0 Å². The summed E-state index contributed by atoms with van der Waals surface area (Å²) < 4.78 is 8.12. The molecule has 6 heteroatoms. The van der Waals surface area contributed by atoms with Gasteiger partial charge < -0.3 is 14.6 Å². The number of benzene rings is 2. The van der Waals surface area contributed by atoms with Gasteiger partial charge in [-0.2, -0.15) is 0 Å². The van der Waals surface area contributed by atoms with E-state index < -0.39 is 0 Å². The van der Waals surface area contributed by atoms with E-state index in [0.29, 0.717) is 17.0 Å². The number of carbonyl (C=O) groups excluding carboxylic acids is 1. The number of para-hydroxylation sites is 1. The second-order valence-electron chi connectivity index (χ2n) is 5.73. The number of anilines is 1. The Bertz CT molecular complexity index is 956. The molecule has 0 saturated carbocycles. The van der Waals surface area contributed by atoms with Crippen LogP contribution in [0, 0.1) is 0 Å². The molecule has 1 heterocycles. The van der Waals surface area contributed by atoms with Crippen LogP contribution in [-0.4, -0.2) is 16.6 Å². The molecule has 0 spiro atoms. The van der Waals surface area contributed by atoms with Crippen LogP contribution in [0.15, 0.2) is 47.3 Å². The highest BCUT2D eigenvalue weighted by Crippen LogP contribution is 2.24. The molecule has 5 nitrogen and oxygen atoms in total. The van der Waals surface area contributed by atoms with Gasteiger partial charge in [-0.15, -0.1) is 0 Å². The summed E-state index contributed by atoms with van der Waals surface area (Å²) >= 11 is 1.16. The topological polar surface area (TPSA) is 60.3 Å². The van der Waals surface area contributed by atoms with Gasteiger partial charge in [-0.1, -0.05) is 23.5 Å². The van der Waals surface area contributed by atoms with Crippen molar-refractivity contribution in [2.75, 3.05) is 5.32 Å². The summed E-state index contributed by atoms with van der Waals surface area (Å²) in [6.45, 7) is 3.83. The number of fused-ring (bicyclic) bond motifs is 1. The number of rotatable bonds is 4. The SMILES string of the molecule is CC(C)Oc1ccccc1C(=O)Nc1ccc2c(c1)sc(=O)n2C. The van der Waals surface area contributed by atoms with Gasteiger partial charge in [-0.05, 0) is 44.2 Å². The maximum Gasteiger partial charge on any atom is 0.307 e. The molecule has 0 saturated heterocycles. The van der Waals surface area contributed by atoms with Gasteiger partial charge in [0.25, 0.3) is 5.91 Å². The van der Waals surface area contributed by atoms with Gasteiger partial charge in [-0.3, -0.25) is 9.59 Å². The molecule has 0 radical (unpaired) electrons. The number of aryl methyl sites for hydroxylation is 1. The number of thiazole rings is 1. The lowest BCUT2D eigenvalue weighted by Gasteiger charge is -2.14. The molecule has 3 aromatic rings.